The molecule has 1 aliphatic heterocycles. The molecule has 4 rings (SSSR count). The second-order valence-corrected chi connectivity index (χ2v) is 9.11. The molecule has 0 fully saturated rings. The van der Waals surface area contributed by atoms with Crippen molar-refractivity contribution in [1.29, 1.82) is 0 Å². The quantitative estimate of drug-likeness (QED) is 0.392. The molecule has 2 heterocycles. The van der Waals surface area contributed by atoms with Gasteiger partial charge in [0, 0.05) is 30.0 Å². The molecule has 2 aromatic carbocycles. The number of fused-ring (bicyclic) bond motifs is 1. The Kier molecular flexibility index (Phi) is 7.61. The van der Waals surface area contributed by atoms with Crippen molar-refractivity contribution in [1.82, 2.24) is 15.4 Å². The van der Waals surface area contributed by atoms with Crippen LogP contribution in [0.4, 0.5) is 8.78 Å². The van der Waals surface area contributed by atoms with Gasteiger partial charge in [0.25, 0.3) is 0 Å². The number of aryl methyl sites for hydroxylation is 1. The van der Waals surface area contributed by atoms with Crippen LogP contribution in [0.5, 0.6) is 11.6 Å². The third-order valence-electron chi connectivity index (χ3n) is 5.97. The molecule has 0 spiro atoms. The molecule has 0 saturated carbocycles. The van der Waals surface area contributed by atoms with E-state index in [1.807, 2.05) is 24.3 Å². The zero-order valence-electron chi connectivity index (χ0n) is 20.0. The number of alkyl halides is 2. The Hall–Kier alpha value is -3.43. The first-order chi connectivity index (χ1) is 17.1. The fourth-order valence-electron chi connectivity index (χ4n) is 4.11. The summed E-state index contributed by atoms with van der Waals surface area (Å²) in [6.45, 7) is 3.10. The summed E-state index contributed by atoms with van der Waals surface area (Å²) in [5.74, 6) is -1.13. The van der Waals surface area contributed by atoms with E-state index in [4.69, 9.17) is 26.2 Å². The number of carboxylic acids is 1. The van der Waals surface area contributed by atoms with E-state index in [0.29, 0.717) is 22.6 Å². The Labute approximate surface area is 212 Å². The van der Waals surface area contributed by atoms with E-state index in [1.165, 1.54) is 12.1 Å². The second-order valence-electron chi connectivity index (χ2n) is 8.70. The highest BCUT2D eigenvalue weighted by atomic mass is 35.5. The average molecular weight is 518 g/mol. The highest BCUT2D eigenvalue weighted by molar-refractivity contribution is 6.35. The number of aromatic nitrogens is 1. The van der Waals surface area contributed by atoms with Crippen LogP contribution >= 0.6 is 11.6 Å². The van der Waals surface area contributed by atoms with Crippen molar-refractivity contribution in [2.45, 2.75) is 39.8 Å². The number of nitrogens with zero attached hydrogens (tertiary/aromatic N) is 2. The maximum Gasteiger partial charge on any atom is 0.388 e. The van der Waals surface area contributed by atoms with Gasteiger partial charge in [-0.2, -0.15) is 8.78 Å². The molecule has 2 N–H and O–H groups in total. The van der Waals surface area contributed by atoms with Crippen LogP contribution in [0.25, 0.3) is 16.6 Å². The SMILES string of the molecule is Cc1c(Cc2ccc(C3=CCN(C(C)C)N3)cc2)c(OC(F)F)nc2c(Cl)ccc(OCC(=O)O)c12. The first-order valence-corrected chi connectivity index (χ1v) is 11.8. The van der Waals surface area contributed by atoms with Crippen molar-refractivity contribution < 1.29 is 28.2 Å². The zero-order valence-corrected chi connectivity index (χ0v) is 20.8. The number of halogens is 3. The zero-order chi connectivity index (χ0) is 26.0. The van der Waals surface area contributed by atoms with Crippen LogP contribution < -0.4 is 14.9 Å². The fourth-order valence-corrected chi connectivity index (χ4v) is 4.31. The summed E-state index contributed by atoms with van der Waals surface area (Å²) in [7, 11) is 0. The predicted molar refractivity (Wildman–Crippen MR) is 133 cm³/mol. The molecular formula is C26H26ClF2N3O4. The highest BCUT2D eigenvalue weighted by Gasteiger charge is 2.22. The molecule has 0 amide bonds. The summed E-state index contributed by atoms with van der Waals surface area (Å²) in [5.41, 5.74) is 7.45. The number of rotatable bonds is 9. The molecular weight excluding hydrogens is 492 g/mol. The van der Waals surface area contributed by atoms with Gasteiger partial charge < -0.3 is 20.0 Å². The molecule has 3 aromatic rings. The number of hydrazine groups is 1. The molecule has 10 heteroatoms. The summed E-state index contributed by atoms with van der Waals surface area (Å²) >= 11 is 6.30. The number of pyridine rings is 1. The van der Waals surface area contributed by atoms with Gasteiger partial charge in [0.15, 0.2) is 6.61 Å². The van der Waals surface area contributed by atoms with Gasteiger partial charge in [-0.3, -0.25) is 0 Å². The van der Waals surface area contributed by atoms with Crippen LogP contribution in [0.2, 0.25) is 5.02 Å². The standard InChI is InChI=1S/C26H26ClF2N3O4/c1-14(2)32-11-10-20(31-32)17-6-4-16(5-7-17)12-18-15(3)23-21(35-13-22(33)34)9-8-19(27)24(23)30-25(18)36-26(28)29/h4-10,14,26,31H,11-13H2,1-3H3,(H,33,34). The summed E-state index contributed by atoms with van der Waals surface area (Å²) in [4.78, 5) is 15.3. The number of benzene rings is 2. The number of carbonyl (C=O) groups is 1. The number of nitrogens with one attached hydrogen (secondary N) is 1. The van der Waals surface area contributed by atoms with Crippen molar-refractivity contribution in [3.8, 4) is 11.6 Å². The van der Waals surface area contributed by atoms with Gasteiger partial charge in [-0.1, -0.05) is 35.9 Å². The molecule has 0 aliphatic carbocycles. The van der Waals surface area contributed by atoms with Gasteiger partial charge in [-0.15, -0.1) is 0 Å². The van der Waals surface area contributed by atoms with E-state index in [0.717, 1.165) is 23.4 Å². The van der Waals surface area contributed by atoms with E-state index in [1.54, 1.807) is 6.92 Å². The van der Waals surface area contributed by atoms with Crippen molar-refractivity contribution in [2.75, 3.05) is 13.2 Å². The Bertz CT molecular complexity index is 1310. The number of aliphatic carboxylic acids is 1. The van der Waals surface area contributed by atoms with Crippen molar-refractivity contribution >= 4 is 34.2 Å². The average Bonchev–Trinajstić information content (AvgIpc) is 3.32. The highest BCUT2D eigenvalue weighted by Crippen LogP contribution is 2.38. The lowest BCUT2D eigenvalue weighted by Crippen LogP contribution is -2.37. The minimum absolute atomic E-state index is 0.195. The first kappa shape index (κ1) is 25.7. The third kappa shape index (κ3) is 5.52. The molecule has 1 aliphatic rings. The number of hydrogen-bond donors (Lipinski definition) is 2. The van der Waals surface area contributed by atoms with Crippen LogP contribution in [0.3, 0.4) is 0 Å². The van der Waals surface area contributed by atoms with E-state index >= 15 is 0 Å². The van der Waals surface area contributed by atoms with E-state index in [2.05, 4.69) is 35.3 Å². The van der Waals surface area contributed by atoms with Crippen LogP contribution in [-0.4, -0.2) is 46.9 Å². The van der Waals surface area contributed by atoms with Gasteiger partial charge >= 0.3 is 12.6 Å². The van der Waals surface area contributed by atoms with Gasteiger partial charge in [0.2, 0.25) is 5.88 Å². The summed E-state index contributed by atoms with van der Waals surface area (Å²) in [6.07, 6.45) is 2.37. The van der Waals surface area contributed by atoms with Crippen molar-refractivity contribution in [2.24, 2.45) is 0 Å². The lowest BCUT2D eigenvalue weighted by atomic mass is 9.97. The van der Waals surface area contributed by atoms with E-state index < -0.39 is 19.2 Å². The molecule has 0 saturated heterocycles. The van der Waals surface area contributed by atoms with E-state index in [9.17, 15) is 13.6 Å². The normalized spacial score (nSPS) is 13.8. The monoisotopic (exact) mass is 517 g/mol. The molecule has 0 atom stereocenters. The van der Waals surface area contributed by atoms with E-state index in [-0.39, 0.29) is 28.6 Å². The van der Waals surface area contributed by atoms with Crippen LogP contribution in [-0.2, 0) is 11.2 Å². The van der Waals surface area contributed by atoms with Gasteiger partial charge in [-0.05, 0) is 55.7 Å². The van der Waals surface area contributed by atoms with Crippen LogP contribution in [0.15, 0.2) is 42.5 Å². The summed E-state index contributed by atoms with van der Waals surface area (Å²) in [5, 5.41) is 11.8. The Morgan fingerprint density at radius 3 is 2.56 bits per heavy atom. The smallest absolute Gasteiger partial charge is 0.388 e. The third-order valence-corrected chi connectivity index (χ3v) is 6.27. The van der Waals surface area contributed by atoms with Gasteiger partial charge in [-0.25, -0.2) is 14.8 Å². The van der Waals surface area contributed by atoms with Gasteiger partial charge in [0.1, 0.15) is 5.75 Å². The van der Waals surface area contributed by atoms with Gasteiger partial charge in [0.05, 0.1) is 16.2 Å². The van der Waals surface area contributed by atoms with Crippen molar-refractivity contribution in [3.05, 3.63) is 69.8 Å². The Morgan fingerprint density at radius 2 is 1.94 bits per heavy atom. The fraction of sp³-hybridized carbons (Fsp3) is 0.308. The molecule has 0 unspecified atom stereocenters. The molecule has 7 nitrogen and oxygen atoms in total. The van der Waals surface area contributed by atoms with Crippen molar-refractivity contribution in [3.63, 3.8) is 0 Å². The number of ether oxygens (including phenoxy) is 2. The lowest BCUT2D eigenvalue weighted by molar-refractivity contribution is -0.139. The minimum Gasteiger partial charge on any atom is -0.481 e. The predicted octanol–water partition coefficient (Wildman–Crippen LogP) is 5.42. The molecule has 190 valence electrons. The largest absolute Gasteiger partial charge is 0.481 e. The maximum absolute atomic E-state index is 13.3. The second kappa shape index (κ2) is 10.7. The summed E-state index contributed by atoms with van der Waals surface area (Å²) in [6, 6.07) is 11.1. The molecule has 1 aromatic heterocycles. The Balaban J connectivity index is 1.71. The van der Waals surface area contributed by atoms with Crippen LogP contribution in [0.1, 0.15) is 36.1 Å². The number of carboxylic acid groups (broad SMARTS) is 1. The molecule has 36 heavy (non-hydrogen) atoms. The number of hydrogen-bond acceptors (Lipinski definition) is 6. The Morgan fingerprint density at radius 1 is 1.22 bits per heavy atom. The summed E-state index contributed by atoms with van der Waals surface area (Å²) < 4.78 is 36.8. The maximum atomic E-state index is 13.3. The topological polar surface area (TPSA) is 83.9 Å². The minimum atomic E-state index is -3.08. The first-order valence-electron chi connectivity index (χ1n) is 11.4. The molecule has 0 radical (unpaired) electrons. The molecule has 0 bridgehead atoms. The lowest BCUT2D eigenvalue weighted by Gasteiger charge is -2.22. The van der Waals surface area contributed by atoms with Crippen LogP contribution in [0, 0.1) is 6.92 Å².